The molecule has 0 aromatic rings. The fourth-order valence-electron chi connectivity index (χ4n) is 6.38. The van der Waals surface area contributed by atoms with Crippen LogP contribution in [0.1, 0.15) is 38.5 Å². The fourth-order valence-corrected chi connectivity index (χ4v) is 8.47. The topological polar surface area (TPSA) is 82.1 Å². The van der Waals surface area contributed by atoms with Crippen LogP contribution in [0.4, 0.5) is 4.39 Å². The van der Waals surface area contributed by atoms with Crippen molar-refractivity contribution in [1.82, 2.24) is 15.1 Å². The average Bonchev–Trinajstić information content (AvgIpc) is 2.80. The number of fused-ring (bicyclic) bond motifs is 2. The Kier molecular flexibility index (Phi) is 6.79. The van der Waals surface area contributed by atoms with Crippen LogP contribution in [0.25, 0.3) is 0 Å². The molecule has 5 rings (SSSR count). The summed E-state index contributed by atoms with van der Waals surface area (Å²) in [5.41, 5.74) is -0.162. The van der Waals surface area contributed by atoms with Crippen LogP contribution in [0, 0.1) is 5.92 Å². The number of rotatable bonds is 6. The first-order valence-corrected chi connectivity index (χ1v) is 13.1. The van der Waals surface area contributed by atoms with E-state index in [1.54, 1.807) is 6.20 Å². The van der Waals surface area contributed by atoms with Gasteiger partial charge in [-0.15, -0.1) is 11.8 Å². The highest BCUT2D eigenvalue weighted by Gasteiger charge is 2.57. The first-order valence-electron chi connectivity index (χ1n) is 12.1. The lowest BCUT2D eigenvalue weighted by molar-refractivity contribution is -0.138. The average molecular weight is 468 g/mol. The predicted molar refractivity (Wildman–Crippen MR) is 120 cm³/mol. The summed E-state index contributed by atoms with van der Waals surface area (Å²) < 4.78 is 20.9. The first-order chi connectivity index (χ1) is 15.5. The van der Waals surface area contributed by atoms with E-state index in [0.717, 1.165) is 71.5 Å². The molecule has 0 aromatic carbocycles. The van der Waals surface area contributed by atoms with Crippen molar-refractivity contribution in [3.63, 3.8) is 0 Å². The highest BCUT2D eigenvalue weighted by Crippen LogP contribution is 2.51. The molecule has 178 valence electrons. The summed E-state index contributed by atoms with van der Waals surface area (Å²) in [5.74, 6) is -2.13. The number of morpholine rings is 1. The molecule has 7 unspecified atom stereocenters. The second kappa shape index (κ2) is 9.60. The molecule has 2 saturated carbocycles. The van der Waals surface area contributed by atoms with E-state index in [2.05, 4.69) is 15.1 Å². The van der Waals surface area contributed by atoms with Gasteiger partial charge in [0.1, 0.15) is 11.7 Å². The monoisotopic (exact) mass is 467 g/mol. The van der Waals surface area contributed by atoms with Crippen LogP contribution in [-0.2, 0) is 14.3 Å². The van der Waals surface area contributed by atoms with E-state index < -0.39 is 18.1 Å². The van der Waals surface area contributed by atoms with Crippen LogP contribution < -0.4 is 5.32 Å². The summed E-state index contributed by atoms with van der Waals surface area (Å²) in [5, 5.41) is 13.5. The zero-order chi connectivity index (χ0) is 22.2. The van der Waals surface area contributed by atoms with Gasteiger partial charge in [0.25, 0.3) is 0 Å². The number of halogens is 1. The van der Waals surface area contributed by atoms with Crippen molar-refractivity contribution >= 4 is 23.5 Å². The summed E-state index contributed by atoms with van der Waals surface area (Å²) in [6, 6.07) is -0.166. The van der Waals surface area contributed by atoms with Gasteiger partial charge in [-0.2, -0.15) is 0 Å². The number of carboxylic acids is 1. The van der Waals surface area contributed by atoms with Gasteiger partial charge in [-0.25, -0.2) is 9.18 Å². The summed E-state index contributed by atoms with van der Waals surface area (Å²) in [4.78, 5) is 29.3. The van der Waals surface area contributed by atoms with Crippen LogP contribution in [0.3, 0.4) is 0 Å². The minimum Gasteiger partial charge on any atom is -0.478 e. The van der Waals surface area contributed by atoms with Crippen molar-refractivity contribution in [2.45, 2.75) is 73.3 Å². The molecule has 0 bridgehead atoms. The number of ketones is 1. The summed E-state index contributed by atoms with van der Waals surface area (Å²) in [7, 11) is 0. The highest BCUT2D eigenvalue weighted by molar-refractivity contribution is 8.00. The van der Waals surface area contributed by atoms with Crippen molar-refractivity contribution in [2.75, 3.05) is 39.4 Å². The number of alkyl halides is 1. The Bertz CT molecular complexity index is 762. The van der Waals surface area contributed by atoms with Gasteiger partial charge < -0.3 is 20.1 Å². The standard InChI is InChI=1S/C23H34FN3O4S/c24-16-12-14-20-22(19(16)25-6-3-7-26-8-10-31-11-9-26)32-18-5-2-1-4-17(18)27(20)13-15(21(14)28)23(29)30/h13-14,16-20,22,25H,1-12H2,(H,29,30). The van der Waals surface area contributed by atoms with Crippen LogP contribution in [0.15, 0.2) is 11.8 Å². The number of hydrogen-bond donors (Lipinski definition) is 2. The van der Waals surface area contributed by atoms with Gasteiger partial charge in [-0.1, -0.05) is 12.8 Å². The molecule has 2 aliphatic carbocycles. The maximum atomic E-state index is 15.5. The molecule has 2 saturated heterocycles. The fraction of sp³-hybridized carbons (Fsp3) is 0.826. The van der Waals surface area contributed by atoms with Gasteiger partial charge in [-0.05, 0) is 38.8 Å². The predicted octanol–water partition coefficient (Wildman–Crippen LogP) is 1.67. The molecule has 9 heteroatoms. The molecule has 5 aliphatic rings. The maximum Gasteiger partial charge on any atom is 0.340 e. The van der Waals surface area contributed by atoms with E-state index >= 15 is 4.39 Å². The zero-order valence-corrected chi connectivity index (χ0v) is 19.3. The quantitative estimate of drug-likeness (QED) is 0.451. The van der Waals surface area contributed by atoms with Gasteiger partial charge >= 0.3 is 5.97 Å². The number of thioether (sulfide) groups is 1. The van der Waals surface area contributed by atoms with Crippen LogP contribution in [0.5, 0.6) is 0 Å². The van der Waals surface area contributed by atoms with E-state index in [-0.39, 0.29) is 41.2 Å². The third-order valence-electron chi connectivity index (χ3n) is 7.94. The maximum absolute atomic E-state index is 15.5. The molecular formula is C23H34FN3O4S. The van der Waals surface area contributed by atoms with Crippen molar-refractivity contribution in [3.8, 4) is 0 Å². The van der Waals surface area contributed by atoms with Crippen LogP contribution in [0.2, 0.25) is 0 Å². The molecule has 32 heavy (non-hydrogen) atoms. The molecule has 0 spiro atoms. The number of ether oxygens (including phenoxy) is 1. The Morgan fingerprint density at radius 3 is 2.84 bits per heavy atom. The number of nitrogens with one attached hydrogen (secondary N) is 1. The minimum atomic E-state index is -1.19. The largest absolute Gasteiger partial charge is 0.478 e. The Morgan fingerprint density at radius 2 is 2.06 bits per heavy atom. The number of carbonyl (C=O) groups is 2. The van der Waals surface area contributed by atoms with Gasteiger partial charge in [0.15, 0.2) is 5.78 Å². The zero-order valence-electron chi connectivity index (χ0n) is 18.5. The molecule has 2 N–H and O–H groups in total. The van der Waals surface area contributed by atoms with Crippen molar-refractivity contribution < 1.29 is 23.8 Å². The van der Waals surface area contributed by atoms with E-state index in [1.165, 1.54) is 0 Å². The number of carbonyl (C=O) groups excluding carboxylic acids is 1. The van der Waals surface area contributed by atoms with Crippen molar-refractivity contribution in [1.29, 1.82) is 0 Å². The summed E-state index contributed by atoms with van der Waals surface area (Å²) >= 11 is 1.87. The minimum absolute atomic E-state index is 0.0398. The van der Waals surface area contributed by atoms with Crippen LogP contribution in [-0.4, -0.2) is 101 Å². The summed E-state index contributed by atoms with van der Waals surface area (Å²) in [6.07, 6.45) is 5.90. The molecule has 0 amide bonds. The Hall–Kier alpha value is -1.16. The first kappa shape index (κ1) is 22.6. The second-order valence-corrected chi connectivity index (χ2v) is 11.2. The highest BCUT2D eigenvalue weighted by atomic mass is 32.2. The number of Topliss-reactive ketones (excluding diaryl/α,β-unsaturated/α-hetero) is 1. The number of aliphatic carboxylic acids is 1. The van der Waals surface area contributed by atoms with Crippen LogP contribution >= 0.6 is 11.8 Å². The van der Waals surface area contributed by atoms with E-state index in [0.29, 0.717) is 5.25 Å². The lowest BCUT2D eigenvalue weighted by Crippen LogP contribution is -2.69. The van der Waals surface area contributed by atoms with Gasteiger partial charge in [0.05, 0.1) is 25.3 Å². The lowest BCUT2D eigenvalue weighted by atomic mass is 9.72. The third-order valence-corrected chi connectivity index (χ3v) is 9.73. The second-order valence-electron chi connectivity index (χ2n) is 9.79. The molecule has 0 aromatic heterocycles. The molecule has 7 atom stereocenters. The number of hydrogen-bond acceptors (Lipinski definition) is 7. The molecule has 0 radical (unpaired) electrons. The number of carboxylic acid groups (broad SMARTS) is 1. The lowest BCUT2D eigenvalue weighted by Gasteiger charge is -2.59. The Labute approximate surface area is 193 Å². The Balaban J connectivity index is 1.32. The van der Waals surface area contributed by atoms with Gasteiger partial charge in [0.2, 0.25) is 0 Å². The normalized spacial score (nSPS) is 39.8. The molecular weight excluding hydrogens is 433 g/mol. The van der Waals surface area contributed by atoms with Crippen molar-refractivity contribution in [3.05, 3.63) is 11.8 Å². The van der Waals surface area contributed by atoms with E-state index in [4.69, 9.17) is 4.74 Å². The molecule has 3 aliphatic heterocycles. The van der Waals surface area contributed by atoms with E-state index in [1.807, 2.05) is 11.8 Å². The summed E-state index contributed by atoms with van der Waals surface area (Å²) in [6.45, 7) is 5.19. The molecule has 4 fully saturated rings. The van der Waals surface area contributed by atoms with Gasteiger partial charge in [-0.3, -0.25) is 9.69 Å². The van der Waals surface area contributed by atoms with Crippen molar-refractivity contribution in [2.24, 2.45) is 5.92 Å². The van der Waals surface area contributed by atoms with E-state index in [9.17, 15) is 14.7 Å². The molecule has 3 heterocycles. The third kappa shape index (κ3) is 4.21. The molecule has 7 nitrogen and oxygen atoms in total. The SMILES string of the molecule is O=C(O)C1=CN2C3CCCCC3SC3C(NCCCN4CCOCC4)C(F)CC(C1=O)C32. The van der Waals surface area contributed by atoms with Gasteiger partial charge in [0, 0.05) is 41.7 Å². The Morgan fingerprint density at radius 1 is 1.28 bits per heavy atom. The smallest absolute Gasteiger partial charge is 0.340 e. The number of nitrogens with zero attached hydrogens (tertiary/aromatic N) is 2.